The van der Waals surface area contributed by atoms with Gasteiger partial charge in [-0.15, -0.1) is 0 Å². The fourth-order valence-corrected chi connectivity index (χ4v) is 2.48. The first-order valence-electron chi connectivity index (χ1n) is 7.27. The molecule has 19 heavy (non-hydrogen) atoms. The minimum absolute atomic E-state index is 0.103. The third-order valence-corrected chi connectivity index (χ3v) is 3.64. The molecule has 1 unspecified atom stereocenters. The molecule has 1 saturated heterocycles. The van der Waals surface area contributed by atoms with Crippen LogP contribution in [0.4, 0.5) is 0 Å². The summed E-state index contributed by atoms with van der Waals surface area (Å²) < 4.78 is 1.87. The maximum Gasteiger partial charge on any atom is 0.239 e. The predicted octanol–water partition coefficient (Wildman–Crippen LogP) is 1.26. The monoisotopic (exact) mass is 264 g/mol. The lowest BCUT2D eigenvalue weighted by atomic mass is 10.2. The van der Waals surface area contributed by atoms with Crippen LogP contribution < -0.4 is 5.32 Å². The number of amides is 1. The first kappa shape index (κ1) is 14.1. The average Bonchev–Trinajstić information content (AvgIpc) is 2.78. The van der Waals surface area contributed by atoms with Crippen LogP contribution in [-0.2, 0) is 11.3 Å². The van der Waals surface area contributed by atoms with Gasteiger partial charge in [0.15, 0.2) is 0 Å². The van der Waals surface area contributed by atoms with Crippen molar-refractivity contribution in [1.29, 1.82) is 0 Å². The number of aromatic nitrogens is 2. The van der Waals surface area contributed by atoms with Crippen molar-refractivity contribution >= 4 is 5.91 Å². The van der Waals surface area contributed by atoms with Crippen molar-refractivity contribution in [1.82, 2.24) is 20.0 Å². The molecule has 2 heterocycles. The van der Waals surface area contributed by atoms with Gasteiger partial charge in [-0.3, -0.25) is 9.48 Å². The fourth-order valence-electron chi connectivity index (χ4n) is 2.48. The van der Waals surface area contributed by atoms with Crippen LogP contribution >= 0.6 is 0 Å². The molecule has 5 nitrogen and oxygen atoms in total. The molecule has 1 aliphatic rings. The summed E-state index contributed by atoms with van der Waals surface area (Å²) in [6.07, 6.45) is 8.50. The van der Waals surface area contributed by atoms with Gasteiger partial charge in [-0.1, -0.05) is 12.8 Å². The summed E-state index contributed by atoms with van der Waals surface area (Å²) in [5.41, 5.74) is 0. The van der Waals surface area contributed by atoms with E-state index in [-0.39, 0.29) is 11.9 Å². The first-order chi connectivity index (χ1) is 9.27. The second kappa shape index (κ2) is 7.28. The maximum absolute atomic E-state index is 12.3. The predicted molar refractivity (Wildman–Crippen MR) is 74.7 cm³/mol. The summed E-state index contributed by atoms with van der Waals surface area (Å²) in [6.45, 7) is 5.36. The number of carbonyl (C=O) groups excluding carboxylic acids is 1. The third-order valence-electron chi connectivity index (χ3n) is 3.64. The highest BCUT2D eigenvalue weighted by Crippen LogP contribution is 2.10. The van der Waals surface area contributed by atoms with Gasteiger partial charge in [0.2, 0.25) is 5.91 Å². The fraction of sp³-hybridized carbons (Fsp3) is 0.714. The van der Waals surface area contributed by atoms with Crippen LogP contribution in [-0.4, -0.2) is 46.3 Å². The number of hydrogen-bond acceptors (Lipinski definition) is 3. The van der Waals surface area contributed by atoms with E-state index in [4.69, 9.17) is 0 Å². The zero-order chi connectivity index (χ0) is 13.5. The highest BCUT2D eigenvalue weighted by molar-refractivity contribution is 5.81. The number of hydrogen-bond donors (Lipinski definition) is 1. The SMILES string of the molecule is CC(NCCn1cccn1)C(=O)N1CCCCCC1. The van der Waals surface area contributed by atoms with Gasteiger partial charge < -0.3 is 10.2 Å². The normalized spacial score (nSPS) is 18.1. The Labute approximate surface area is 115 Å². The largest absolute Gasteiger partial charge is 0.341 e. The Hall–Kier alpha value is -1.36. The van der Waals surface area contributed by atoms with Crippen LogP contribution in [0.1, 0.15) is 32.6 Å². The highest BCUT2D eigenvalue weighted by Gasteiger charge is 2.20. The minimum Gasteiger partial charge on any atom is -0.341 e. The van der Waals surface area contributed by atoms with Crippen LogP contribution in [0, 0.1) is 0 Å². The minimum atomic E-state index is -0.103. The maximum atomic E-state index is 12.3. The Bertz CT molecular complexity index is 369. The number of rotatable bonds is 5. The quantitative estimate of drug-likeness (QED) is 0.871. The van der Waals surface area contributed by atoms with Crippen LogP contribution in [0.25, 0.3) is 0 Å². The second-order valence-electron chi connectivity index (χ2n) is 5.18. The molecule has 106 valence electrons. The lowest BCUT2D eigenvalue weighted by Gasteiger charge is -2.24. The van der Waals surface area contributed by atoms with Gasteiger partial charge in [-0.2, -0.15) is 5.10 Å². The van der Waals surface area contributed by atoms with E-state index in [0.717, 1.165) is 39.0 Å². The van der Waals surface area contributed by atoms with E-state index in [9.17, 15) is 4.79 Å². The standard InChI is InChI=1S/C14H24N4O/c1-13(15-8-12-18-11-6-7-16-18)14(19)17-9-4-2-3-5-10-17/h6-7,11,13,15H,2-5,8-10,12H2,1H3. The van der Waals surface area contributed by atoms with E-state index in [1.54, 1.807) is 6.20 Å². The molecule has 0 bridgehead atoms. The first-order valence-corrected chi connectivity index (χ1v) is 7.27. The molecule has 2 rings (SSSR count). The Kier molecular flexibility index (Phi) is 5.39. The van der Waals surface area contributed by atoms with Crippen molar-refractivity contribution in [3.8, 4) is 0 Å². The molecule has 0 spiro atoms. The molecule has 1 atom stereocenters. The molecule has 0 saturated carbocycles. The van der Waals surface area contributed by atoms with Gasteiger partial charge in [0.1, 0.15) is 0 Å². The Morgan fingerprint density at radius 2 is 2.05 bits per heavy atom. The van der Waals surface area contributed by atoms with Gasteiger partial charge in [0.05, 0.1) is 12.6 Å². The smallest absolute Gasteiger partial charge is 0.239 e. The lowest BCUT2D eigenvalue weighted by molar-refractivity contribution is -0.133. The van der Waals surface area contributed by atoms with E-state index in [1.807, 2.05) is 28.8 Å². The molecule has 1 N–H and O–H groups in total. The Balaban J connectivity index is 1.72. The molecule has 1 aromatic rings. The molecule has 5 heteroatoms. The number of nitrogens with one attached hydrogen (secondary N) is 1. The molecule has 1 fully saturated rings. The molecular weight excluding hydrogens is 240 g/mol. The summed E-state index contributed by atoms with van der Waals surface area (Å²) in [6, 6.07) is 1.81. The molecule has 1 aromatic heterocycles. The van der Waals surface area contributed by atoms with Crippen molar-refractivity contribution in [2.24, 2.45) is 0 Å². The summed E-state index contributed by atoms with van der Waals surface area (Å²) in [5, 5.41) is 7.43. The van der Waals surface area contributed by atoms with E-state index >= 15 is 0 Å². The van der Waals surface area contributed by atoms with E-state index in [2.05, 4.69) is 10.4 Å². The Morgan fingerprint density at radius 1 is 1.32 bits per heavy atom. The topological polar surface area (TPSA) is 50.2 Å². The van der Waals surface area contributed by atoms with Gasteiger partial charge in [0, 0.05) is 32.0 Å². The van der Waals surface area contributed by atoms with Crippen molar-refractivity contribution < 1.29 is 4.79 Å². The molecule has 1 aliphatic heterocycles. The Morgan fingerprint density at radius 3 is 2.68 bits per heavy atom. The molecule has 0 aliphatic carbocycles. The van der Waals surface area contributed by atoms with E-state index < -0.39 is 0 Å². The average molecular weight is 264 g/mol. The molecule has 0 radical (unpaired) electrons. The molecule has 0 aromatic carbocycles. The van der Waals surface area contributed by atoms with Gasteiger partial charge in [-0.05, 0) is 25.8 Å². The summed E-state index contributed by atoms with van der Waals surface area (Å²) in [5.74, 6) is 0.238. The second-order valence-corrected chi connectivity index (χ2v) is 5.18. The summed E-state index contributed by atoms with van der Waals surface area (Å²) >= 11 is 0. The summed E-state index contributed by atoms with van der Waals surface area (Å²) in [7, 11) is 0. The van der Waals surface area contributed by atoms with Crippen LogP contribution in [0.3, 0.4) is 0 Å². The van der Waals surface area contributed by atoms with Crippen LogP contribution in [0.2, 0.25) is 0 Å². The van der Waals surface area contributed by atoms with E-state index in [1.165, 1.54) is 12.8 Å². The lowest BCUT2D eigenvalue weighted by Crippen LogP contribution is -2.46. The zero-order valence-electron chi connectivity index (χ0n) is 11.7. The number of likely N-dealkylation sites (tertiary alicyclic amines) is 1. The molecular formula is C14H24N4O. The van der Waals surface area contributed by atoms with Crippen LogP contribution in [0.15, 0.2) is 18.5 Å². The van der Waals surface area contributed by atoms with Gasteiger partial charge in [0.25, 0.3) is 0 Å². The van der Waals surface area contributed by atoms with Crippen molar-refractivity contribution in [2.45, 2.75) is 45.2 Å². The summed E-state index contributed by atoms with van der Waals surface area (Å²) in [4.78, 5) is 14.3. The van der Waals surface area contributed by atoms with Crippen molar-refractivity contribution in [3.05, 3.63) is 18.5 Å². The zero-order valence-corrected chi connectivity index (χ0v) is 11.7. The number of nitrogens with zero attached hydrogens (tertiary/aromatic N) is 3. The number of carbonyl (C=O) groups is 1. The van der Waals surface area contributed by atoms with Crippen molar-refractivity contribution in [2.75, 3.05) is 19.6 Å². The molecule has 1 amide bonds. The van der Waals surface area contributed by atoms with E-state index in [0.29, 0.717) is 0 Å². The highest BCUT2D eigenvalue weighted by atomic mass is 16.2. The third kappa shape index (κ3) is 4.35. The van der Waals surface area contributed by atoms with Crippen molar-refractivity contribution in [3.63, 3.8) is 0 Å². The van der Waals surface area contributed by atoms with Gasteiger partial charge in [-0.25, -0.2) is 0 Å². The van der Waals surface area contributed by atoms with Gasteiger partial charge >= 0.3 is 0 Å². The van der Waals surface area contributed by atoms with Crippen LogP contribution in [0.5, 0.6) is 0 Å².